The maximum Gasteiger partial charge on any atom is 0.270 e. The summed E-state index contributed by atoms with van der Waals surface area (Å²) in [6.45, 7) is 11.3. The van der Waals surface area contributed by atoms with Crippen molar-refractivity contribution in [2.45, 2.75) is 96.8 Å². The SMILES string of the molecule is CCC(=O)N[C@@H](C(=O)N1CCN(C)[C@H](C)C1)[C@@H](C)c1ccc(NC(=O)[C@@H](NC(=O)c2ccnn2C(C)C)C(C2CC2)C2CC2)c(F)c1. The monoisotopic (exact) mass is 651 g/mol. The Labute approximate surface area is 277 Å². The lowest BCUT2D eigenvalue weighted by Gasteiger charge is -2.40. The first kappa shape index (κ1) is 34.5. The molecule has 0 bridgehead atoms. The maximum absolute atomic E-state index is 15.7. The van der Waals surface area contributed by atoms with Gasteiger partial charge in [-0.2, -0.15) is 5.10 Å². The first-order valence-corrected chi connectivity index (χ1v) is 17.1. The number of benzene rings is 1. The molecule has 3 aliphatic rings. The lowest BCUT2D eigenvalue weighted by Crippen LogP contribution is -2.58. The number of hydrogen-bond acceptors (Lipinski definition) is 6. The van der Waals surface area contributed by atoms with Crippen LogP contribution in [-0.4, -0.2) is 88.0 Å². The van der Waals surface area contributed by atoms with Crippen molar-refractivity contribution in [2.24, 2.45) is 17.8 Å². The predicted octanol–water partition coefficient (Wildman–Crippen LogP) is 3.94. The van der Waals surface area contributed by atoms with Crippen molar-refractivity contribution < 1.29 is 23.6 Å². The summed E-state index contributed by atoms with van der Waals surface area (Å²) < 4.78 is 17.4. The van der Waals surface area contributed by atoms with Gasteiger partial charge in [0, 0.05) is 50.3 Å². The van der Waals surface area contributed by atoms with E-state index in [1.54, 1.807) is 41.8 Å². The summed E-state index contributed by atoms with van der Waals surface area (Å²) in [5, 5.41) is 12.9. The van der Waals surface area contributed by atoms with E-state index in [9.17, 15) is 19.2 Å². The largest absolute Gasteiger partial charge is 0.344 e. The van der Waals surface area contributed by atoms with Crippen LogP contribution in [0, 0.1) is 23.6 Å². The smallest absolute Gasteiger partial charge is 0.270 e. The topological polar surface area (TPSA) is 129 Å². The summed E-state index contributed by atoms with van der Waals surface area (Å²) in [5.41, 5.74) is 0.896. The van der Waals surface area contributed by atoms with Crippen LogP contribution in [0.25, 0.3) is 0 Å². The number of carbonyl (C=O) groups is 4. The zero-order valence-corrected chi connectivity index (χ0v) is 28.5. The number of nitrogens with one attached hydrogen (secondary N) is 3. The molecule has 1 saturated heterocycles. The molecule has 5 rings (SSSR count). The molecule has 1 aromatic heterocycles. The maximum atomic E-state index is 15.7. The van der Waals surface area contributed by atoms with Crippen molar-refractivity contribution in [1.29, 1.82) is 0 Å². The summed E-state index contributed by atoms with van der Waals surface area (Å²) in [4.78, 5) is 57.5. The Kier molecular flexibility index (Phi) is 10.7. The van der Waals surface area contributed by atoms with Crippen LogP contribution >= 0.6 is 0 Å². The van der Waals surface area contributed by atoms with Crippen molar-refractivity contribution in [3.05, 3.63) is 47.5 Å². The van der Waals surface area contributed by atoms with Gasteiger partial charge in [0.15, 0.2) is 0 Å². The summed E-state index contributed by atoms with van der Waals surface area (Å²) in [7, 11) is 2.02. The highest BCUT2D eigenvalue weighted by Crippen LogP contribution is 2.51. The Balaban J connectivity index is 1.34. The van der Waals surface area contributed by atoms with Gasteiger partial charge in [-0.25, -0.2) is 4.39 Å². The molecule has 4 atom stereocenters. The molecule has 3 fully saturated rings. The number of piperazine rings is 1. The standard InChI is InChI=1S/C35H50FN7O4/c1-7-29(44)39-31(35(47)42-17-16-41(6)21(4)19-42)22(5)25-12-13-27(26(36)18-25)38-34(46)32(30(23-8-9-23)24-10-11-24)40-33(45)28-14-15-37-43(28)20(2)3/h12-15,18,20-24,30-32H,7-11,16-17,19H2,1-6H3,(H,38,46)(H,39,44)(H,40,45)/t21-,22+,31-,32+/m1/s1. The normalized spacial score (nSPS) is 20.5. The number of anilines is 1. The number of carbonyl (C=O) groups excluding carboxylic acids is 4. The van der Waals surface area contributed by atoms with Gasteiger partial charge in [0.05, 0.1) is 5.69 Å². The van der Waals surface area contributed by atoms with Crippen molar-refractivity contribution in [1.82, 2.24) is 30.2 Å². The van der Waals surface area contributed by atoms with Crippen LogP contribution in [-0.2, 0) is 14.4 Å². The Morgan fingerprint density at radius 3 is 2.23 bits per heavy atom. The highest BCUT2D eigenvalue weighted by molar-refractivity contribution is 6.01. The van der Waals surface area contributed by atoms with E-state index in [4.69, 9.17) is 0 Å². The average molecular weight is 652 g/mol. The number of likely N-dealkylation sites (N-methyl/N-ethyl adjacent to an activating group) is 1. The van der Waals surface area contributed by atoms with Crippen LogP contribution in [0.15, 0.2) is 30.5 Å². The van der Waals surface area contributed by atoms with Gasteiger partial charge >= 0.3 is 0 Å². The van der Waals surface area contributed by atoms with E-state index in [0.29, 0.717) is 36.2 Å². The zero-order chi connectivity index (χ0) is 34.0. The van der Waals surface area contributed by atoms with Crippen molar-refractivity contribution >= 4 is 29.3 Å². The second-order valence-corrected chi connectivity index (χ2v) is 14.0. The summed E-state index contributed by atoms with van der Waals surface area (Å²) >= 11 is 0. The third-order valence-corrected chi connectivity index (χ3v) is 10.1. The molecule has 256 valence electrons. The number of amides is 4. The molecular formula is C35H50FN7O4. The number of hydrogen-bond donors (Lipinski definition) is 3. The van der Waals surface area contributed by atoms with Gasteiger partial charge in [-0.1, -0.05) is 19.9 Å². The molecule has 1 aromatic carbocycles. The first-order valence-electron chi connectivity index (χ1n) is 17.1. The first-order chi connectivity index (χ1) is 22.4. The fourth-order valence-electron chi connectivity index (χ4n) is 6.79. The van der Waals surface area contributed by atoms with Gasteiger partial charge < -0.3 is 25.8 Å². The van der Waals surface area contributed by atoms with Gasteiger partial charge in [0.25, 0.3) is 5.91 Å². The molecule has 2 aliphatic carbocycles. The Morgan fingerprint density at radius 1 is 0.979 bits per heavy atom. The van der Waals surface area contributed by atoms with Crippen molar-refractivity contribution in [3.8, 4) is 0 Å². The second-order valence-electron chi connectivity index (χ2n) is 14.0. The van der Waals surface area contributed by atoms with E-state index < -0.39 is 29.7 Å². The molecule has 0 radical (unpaired) electrons. The minimum absolute atomic E-state index is 0.00359. The van der Waals surface area contributed by atoms with Crippen LogP contribution in [0.1, 0.15) is 94.7 Å². The van der Waals surface area contributed by atoms with E-state index >= 15 is 4.39 Å². The van der Waals surface area contributed by atoms with Crippen molar-refractivity contribution in [2.75, 3.05) is 32.0 Å². The van der Waals surface area contributed by atoms with E-state index in [1.807, 2.05) is 20.9 Å². The molecule has 12 heteroatoms. The molecule has 3 N–H and O–H groups in total. The lowest BCUT2D eigenvalue weighted by atomic mass is 9.88. The molecule has 0 spiro atoms. The second kappa shape index (κ2) is 14.5. The molecular weight excluding hydrogens is 601 g/mol. The quantitative estimate of drug-likeness (QED) is 0.301. The minimum Gasteiger partial charge on any atom is -0.344 e. The predicted molar refractivity (Wildman–Crippen MR) is 177 cm³/mol. The van der Waals surface area contributed by atoms with E-state index in [0.717, 1.165) is 32.2 Å². The summed E-state index contributed by atoms with van der Waals surface area (Å²) in [5.74, 6) is -1.80. The minimum atomic E-state index is -0.866. The Morgan fingerprint density at radius 2 is 1.66 bits per heavy atom. The van der Waals surface area contributed by atoms with Gasteiger partial charge in [-0.15, -0.1) is 0 Å². The summed E-state index contributed by atoms with van der Waals surface area (Å²) in [6, 6.07) is 4.58. The molecule has 0 unspecified atom stereocenters. The lowest BCUT2D eigenvalue weighted by molar-refractivity contribution is -0.139. The molecule has 47 heavy (non-hydrogen) atoms. The van der Waals surface area contributed by atoms with Crippen LogP contribution in [0.4, 0.5) is 10.1 Å². The number of aromatic nitrogens is 2. The van der Waals surface area contributed by atoms with Gasteiger partial charge in [0.2, 0.25) is 17.7 Å². The van der Waals surface area contributed by atoms with Gasteiger partial charge in [-0.3, -0.25) is 23.9 Å². The van der Waals surface area contributed by atoms with Crippen LogP contribution in [0.5, 0.6) is 0 Å². The fraction of sp³-hybridized carbons (Fsp3) is 0.629. The summed E-state index contributed by atoms with van der Waals surface area (Å²) in [6.07, 6.45) is 5.81. The van der Waals surface area contributed by atoms with Crippen LogP contribution < -0.4 is 16.0 Å². The number of nitrogens with zero attached hydrogens (tertiary/aromatic N) is 4. The fourth-order valence-corrected chi connectivity index (χ4v) is 6.79. The van der Waals surface area contributed by atoms with E-state index in [2.05, 4.69) is 32.9 Å². The third kappa shape index (κ3) is 8.02. The Bertz CT molecular complexity index is 1460. The highest BCUT2D eigenvalue weighted by Gasteiger charge is 2.48. The zero-order valence-electron chi connectivity index (χ0n) is 28.5. The number of rotatable bonds is 13. The van der Waals surface area contributed by atoms with Gasteiger partial charge in [-0.05, 0) is 95.0 Å². The molecule has 1 aliphatic heterocycles. The molecule has 2 heterocycles. The van der Waals surface area contributed by atoms with Gasteiger partial charge in [0.1, 0.15) is 23.6 Å². The Hall–Kier alpha value is -3.80. The molecule has 11 nitrogen and oxygen atoms in total. The van der Waals surface area contributed by atoms with Crippen LogP contribution in [0.3, 0.4) is 0 Å². The molecule has 4 amide bonds. The van der Waals surface area contributed by atoms with Crippen LogP contribution in [0.2, 0.25) is 0 Å². The van der Waals surface area contributed by atoms with Crippen molar-refractivity contribution in [3.63, 3.8) is 0 Å². The highest BCUT2D eigenvalue weighted by atomic mass is 19.1. The molecule has 2 aromatic rings. The average Bonchev–Trinajstić information content (AvgIpc) is 4.00. The molecule has 2 saturated carbocycles. The third-order valence-electron chi connectivity index (χ3n) is 10.1. The number of halogens is 1. The van der Waals surface area contributed by atoms with E-state index in [1.165, 1.54) is 12.1 Å². The van der Waals surface area contributed by atoms with E-state index in [-0.39, 0.29) is 47.8 Å².